The van der Waals surface area contributed by atoms with Crippen molar-refractivity contribution in [3.05, 3.63) is 59.3 Å². The molecule has 1 aromatic carbocycles. The summed E-state index contributed by atoms with van der Waals surface area (Å²) in [6, 6.07) is 8.21. The first kappa shape index (κ1) is 21.0. The molecule has 4 nitrogen and oxygen atoms in total. The highest BCUT2D eigenvalue weighted by Gasteiger charge is 2.13. The summed E-state index contributed by atoms with van der Waals surface area (Å²) in [7, 11) is 0. The van der Waals surface area contributed by atoms with Crippen LogP contribution < -0.4 is 5.73 Å². The summed E-state index contributed by atoms with van der Waals surface area (Å²) in [6.07, 6.45) is 9.76. The third kappa shape index (κ3) is 6.72. The van der Waals surface area contributed by atoms with Gasteiger partial charge in [-0.05, 0) is 51.7 Å². The first-order valence-electron chi connectivity index (χ1n) is 9.83. The number of amides is 1. The lowest BCUT2D eigenvalue weighted by Crippen LogP contribution is -2.35. The molecule has 0 unspecified atom stereocenters. The van der Waals surface area contributed by atoms with Gasteiger partial charge < -0.3 is 15.6 Å². The molecule has 0 saturated heterocycles. The minimum Gasteiger partial charge on any atom is -0.361 e. The van der Waals surface area contributed by atoms with E-state index in [0.29, 0.717) is 26.1 Å². The number of para-hydroxylation sites is 1. The summed E-state index contributed by atoms with van der Waals surface area (Å²) in [4.78, 5) is 17.9. The molecule has 2 aromatic rings. The summed E-state index contributed by atoms with van der Waals surface area (Å²) < 4.78 is 0. The monoisotopic (exact) mass is 367 g/mol. The molecule has 3 N–H and O–H groups in total. The molecule has 1 aromatic heterocycles. The van der Waals surface area contributed by atoms with Crippen LogP contribution in [0.5, 0.6) is 0 Å². The number of aromatic amines is 1. The smallest absolute Gasteiger partial charge is 0.223 e. The van der Waals surface area contributed by atoms with Gasteiger partial charge in [0, 0.05) is 43.2 Å². The van der Waals surface area contributed by atoms with Crippen LogP contribution in [0.1, 0.15) is 45.6 Å². The largest absolute Gasteiger partial charge is 0.361 e. The predicted molar refractivity (Wildman–Crippen MR) is 115 cm³/mol. The highest BCUT2D eigenvalue weighted by atomic mass is 16.2. The Morgan fingerprint density at radius 2 is 1.93 bits per heavy atom. The fraction of sp³-hybridized carbons (Fsp3) is 0.435. The standard InChI is InChI=1S/C23H33N3O/c1-18(2)7-6-8-19(3)13-15-26(16-14-24)23(27)12-11-20-17-25-22-10-5-4-9-21(20)22/h4-5,7,9-10,13,17,25H,6,8,11-12,14-16,24H2,1-3H3. The highest BCUT2D eigenvalue weighted by Crippen LogP contribution is 2.19. The molecule has 0 aliphatic carbocycles. The van der Waals surface area contributed by atoms with Gasteiger partial charge in [-0.15, -0.1) is 0 Å². The molecule has 0 spiro atoms. The van der Waals surface area contributed by atoms with E-state index in [-0.39, 0.29) is 5.91 Å². The quantitative estimate of drug-likeness (QED) is 0.604. The number of fused-ring (bicyclic) bond motifs is 1. The molecule has 0 saturated carbocycles. The number of carbonyl (C=O) groups is 1. The van der Waals surface area contributed by atoms with Crippen molar-refractivity contribution in [1.82, 2.24) is 9.88 Å². The van der Waals surface area contributed by atoms with Crippen molar-refractivity contribution in [2.45, 2.75) is 46.5 Å². The molecule has 2 rings (SSSR count). The van der Waals surface area contributed by atoms with Crippen molar-refractivity contribution >= 4 is 16.8 Å². The Kier molecular flexibility index (Phi) is 8.34. The zero-order valence-electron chi connectivity index (χ0n) is 16.9. The third-order valence-electron chi connectivity index (χ3n) is 4.79. The van der Waals surface area contributed by atoms with Gasteiger partial charge in [-0.1, -0.05) is 41.5 Å². The molecule has 0 aliphatic rings. The fourth-order valence-corrected chi connectivity index (χ4v) is 3.17. The van der Waals surface area contributed by atoms with E-state index in [1.54, 1.807) is 0 Å². The van der Waals surface area contributed by atoms with Crippen LogP contribution >= 0.6 is 0 Å². The topological polar surface area (TPSA) is 62.1 Å². The van der Waals surface area contributed by atoms with Gasteiger partial charge in [0.2, 0.25) is 5.91 Å². The molecule has 1 amide bonds. The Labute approximate surface area is 163 Å². The van der Waals surface area contributed by atoms with E-state index < -0.39 is 0 Å². The zero-order valence-corrected chi connectivity index (χ0v) is 16.9. The van der Waals surface area contributed by atoms with Crippen molar-refractivity contribution in [3.8, 4) is 0 Å². The van der Waals surface area contributed by atoms with Crippen LogP contribution in [-0.4, -0.2) is 35.4 Å². The van der Waals surface area contributed by atoms with Gasteiger partial charge in [-0.2, -0.15) is 0 Å². The van der Waals surface area contributed by atoms with Crippen LogP contribution in [0.2, 0.25) is 0 Å². The summed E-state index contributed by atoms with van der Waals surface area (Å²) in [5.74, 6) is 0.166. The minimum absolute atomic E-state index is 0.166. The normalized spacial score (nSPS) is 11.6. The van der Waals surface area contributed by atoms with Crippen molar-refractivity contribution in [2.24, 2.45) is 5.73 Å². The number of allylic oxidation sites excluding steroid dienone is 3. The molecule has 0 atom stereocenters. The zero-order chi connectivity index (χ0) is 19.6. The van der Waals surface area contributed by atoms with Crippen LogP contribution in [-0.2, 0) is 11.2 Å². The predicted octanol–water partition coefficient (Wildman–Crippen LogP) is 4.58. The molecule has 0 fully saturated rings. The highest BCUT2D eigenvalue weighted by molar-refractivity contribution is 5.84. The average Bonchev–Trinajstić information content (AvgIpc) is 3.06. The van der Waals surface area contributed by atoms with Gasteiger partial charge >= 0.3 is 0 Å². The van der Waals surface area contributed by atoms with Gasteiger partial charge in [0.05, 0.1) is 0 Å². The van der Waals surface area contributed by atoms with Crippen LogP contribution in [0.25, 0.3) is 10.9 Å². The van der Waals surface area contributed by atoms with E-state index >= 15 is 0 Å². The van der Waals surface area contributed by atoms with Gasteiger partial charge in [-0.25, -0.2) is 0 Å². The van der Waals surface area contributed by atoms with Crippen LogP contribution in [0, 0.1) is 0 Å². The van der Waals surface area contributed by atoms with E-state index in [1.807, 2.05) is 23.2 Å². The van der Waals surface area contributed by atoms with Crippen molar-refractivity contribution in [2.75, 3.05) is 19.6 Å². The first-order chi connectivity index (χ1) is 13.0. The van der Waals surface area contributed by atoms with E-state index in [0.717, 1.165) is 24.8 Å². The Morgan fingerprint density at radius 1 is 1.15 bits per heavy atom. The van der Waals surface area contributed by atoms with Gasteiger partial charge in [0.15, 0.2) is 0 Å². The Bertz CT molecular complexity index is 797. The van der Waals surface area contributed by atoms with Crippen molar-refractivity contribution in [1.29, 1.82) is 0 Å². The molecule has 0 bridgehead atoms. The Balaban J connectivity index is 1.91. The molecule has 146 valence electrons. The number of benzene rings is 1. The molecular weight excluding hydrogens is 334 g/mol. The van der Waals surface area contributed by atoms with Crippen LogP contribution in [0.4, 0.5) is 0 Å². The lowest BCUT2D eigenvalue weighted by Gasteiger charge is -2.21. The Morgan fingerprint density at radius 3 is 2.67 bits per heavy atom. The second kappa shape index (κ2) is 10.7. The number of nitrogens with one attached hydrogen (secondary N) is 1. The number of aromatic nitrogens is 1. The van der Waals surface area contributed by atoms with E-state index in [2.05, 4.69) is 50.0 Å². The van der Waals surface area contributed by atoms with Crippen molar-refractivity contribution in [3.63, 3.8) is 0 Å². The van der Waals surface area contributed by atoms with E-state index in [9.17, 15) is 4.79 Å². The van der Waals surface area contributed by atoms with E-state index in [1.165, 1.54) is 22.1 Å². The van der Waals surface area contributed by atoms with Crippen molar-refractivity contribution < 1.29 is 4.79 Å². The van der Waals surface area contributed by atoms with Crippen LogP contribution in [0.3, 0.4) is 0 Å². The van der Waals surface area contributed by atoms with Gasteiger partial charge in [0.1, 0.15) is 0 Å². The molecule has 27 heavy (non-hydrogen) atoms. The summed E-state index contributed by atoms with van der Waals surface area (Å²) in [5.41, 5.74) is 10.7. The average molecular weight is 368 g/mol. The lowest BCUT2D eigenvalue weighted by molar-refractivity contribution is -0.130. The Hall–Kier alpha value is -2.33. The van der Waals surface area contributed by atoms with Gasteiger partial charge in [-0.3, -0.25) is 4.79 Å². The minimum atomic E-state index is 0.166. The number of aryl methyl sites for hydroxylation is 1. The molecule has 0 aliphatic heterocycles. The van der Waals surface area contributed by atoms with Gasteiger partial charge in [0.25, 0.3) is 0 Å². The summed E-state index contributed by atoms with van der Waals surface area (Å²) in [6.45, 7) is 8.11. The number of hydrogen-bond donors (Lipinski definition) is 2. The number of carbonyl (C=O) groups excluding carboxylic acids is 1. The number of rotatable bonds is 10. The van der Waals surface area contributed by atoms with E-state index in [4.69, 9.17) is 5.73 Å². The molecule has 4 heteroatoms. The number of H-pyrrole nitrogens is 1. The number of hydrogen-bond acceptors (Lipinski definition) is 2. The molecular formula is C23H33N3O. The number of nitrogens with zero attached hydrogens (tertiary/aromatic N) is 1. The maximum Gasteiger partial charge on any atom is 0.223 e. The third-order valence-corrected chi connectivity index (χ3v) is 4.79. The molecule has 0 radical (unpaired) electrons. The second-order valence-electron chi connectivity index (χ2n) is 7.36. The summed E-state index contributed by atoms with van der Waals surface area (Å²) >= 11 is 0. The second-order valence-corrected chi connectivity index (χ2v) is 7.36. The fourth-order valence-electron chi connectivity index (χ4n) is 3.17. The van der Waals surface area contributed by atoms with Crippen LogP contribution in [0.15, 0.2) is 53.8 Å². The molecule has 1 heterocycles. The SMILES string of the molecule is CC(C)=CCCC(C)=CCN(CCN)C(=O)CCc1c[nH]c2ccccc12. The maximum atomic E-state index is 12.7. The lowest BCUT2D eigenvalue weighted by atomic mass is 10.1. The maximum absolute atomic E-state index is 12.7. The summed E-state index contributed by atoms with van der Waals surface area (Å²) in [5, 5.41) is 1.20. The number of nitrogens with two attached hydrogens (primary N) is 1. The first-order valence-corrected chi connectivity index (χ1v) is 9.83.